The Morgan fingerprint density at radius 3 is 2.67 bits per heavy atom. The minimum Gasteiger partial charge on any atom is -0.379 e. The number of hydrogen-bond acceptors (Lipinski definition) is 4. The van der Waals surface area contributed by atoms with Crippen LogP contribution in [0.4, 0.5) is 0 Å². The third kappa shape index (κ3) is 2.90. The first-order chi connectivity index (χ1) is 7.18. The second kappa shape index (κ2) is 4.78. The summed E-state index contributed by atoms with van der Waals surface area (Å²) in [5.74, 6) is 0.243. The van der Waals surface area contributed by atoms with E-state index in [0.29, 0.717) is 26.3 Å². The molecule has 0 aromatic rings. The van der Waals surface area contributed by atoms with Crippen LogP contribution in [0.1, 0.15) is 12.8 Å². The minimum absolute atomic E-state index is 0.151. The molecule has 0 bridgehead atoms. The fourth-order valence-electron chi connectivity index (χ4n) is 2.08. The summed E-state index contributed by atoms with van der Waals surface area (Å²) in [6.45, 7) is 3.02. The van der Waals surface area contributed by atoms with Crippen molar-refractivity contribution in [1.82, 2.24) is 9.62 Å². The highest BCUT2D eigenvalue weighted by molar-refractivity contribution is 7.89. The Kier molecular flexibility index (Phi) is 3.60. The number of hydrogen-bond donors (Lipinski definition) is 1. The first-order valence-corrected chi connectivity index (χ1v) is 7.08. The van der Waals surface area contributed by atoms with E-state index in [1.54, 1.807) is 4.31 Å². The van der Waals surface area contributed by atoms with Gasteiger partial charge in [-0.3, -0.25) is 0 Å². The molecule has 0 aromatic carbocycles. The van der Waals surface area contributed by atoms with Gasteiger partial charge in [-0.2, -0.15) is 4.31 Å². The molecule has 2 aliphatic rings. The van der Waals surface area contributed by atoms with Crippen molar-refractivity contribution in [2.75, 3.05) is 38.6 Å². The Labute approximate surface area is 90.8 Å². The molecule has 0 saturated carbocycles. The molecule has 0 radical (unpaired) electrons. The van der Waals surface area contributed by atoms with Crippen molar-refractivity contribution >= 4 is 10.0 Å². The van der Waals surface area contributed by atoms with Gasteiger partial charge in [0.25, 0.3) is 0 Å². The lowest BCUT2D eigenvalue weighted by Gasteiger charge is -2.27. The number of nitrogens with one attached hydrogen (secondary N) is 1. The summed E-state index contributed by atoms with van der Waals surface area (Å²) in [6, 6.07) is 0.151. The molecular formula is C9H18N2O3S. The predicted molar refractivity (Wildman–Crippen MR) is 57.2 cm³/mol. The van der Waals surface area contributed by atoms with Gasteiger partial charge in [0.2, 0.25) is 10.0 Å². The highest BCUT2D eigenvalue weighted by atomic mass is 32.2. The van der Waals surface area contributed by atoms with Crippen molar-refractivity contribution in [3.05, 3.63) is 0 Å². The normalized spacial score (nSPS) is 29.5. The molecular weight excluding hydrogens is 216 g/mol. The molecule has 0 spiro atoms. The standard InChI is InChI=1S/C9H18N2O3S/c12-15(13,8-9-2-1-3-10-9)11-4-6-14-7-5-11/h9-10H,1-8H2. The molecule has 2 rings (SSSR count). The second-order valence-corrected chi connectivity index (χ2v) is 6.10. The van der Waals surface area contributed by atoms with Crippen LogP contribution >= 0.6 is 0 Å². The smallest absolute Gasteiger partial charge is 0.215 e. The summed E-state index contributed by atoms with van der Waals surface area (Å²) in [5, 5.41) is 3.21. The lowest BCUT2D eigenvalue weighted by Crippen LogP contribution is -2.45. The Bertz CT molecular complexity index is 292. The van der Waals surface area contributed by atoms with Crippen LogP contribution in [0.5, 0.6) is 0 Å². The summed E-state index contributed by atoms with van der Waals surface area (Å²) in [4.78, 5) is 0. The van der Waals surface area contributed by atoms with E-state index in [0.717, 1.165) is 19.4 Å². The van der Waals surface area contributed by atoms with Gasteiger partial charge in [0.15, 0.2) is 0 Å². The summed E-state index contributed by atoms with van der Waals surface area (Å²) >= 11 is 0. The van der Waals surface area contributed by atoms with Crippen LogP contribution < -0.4 is 5.32 Å². The summed E-state index contributed by atoms with van der Waals surface area (Å²) in [6.07, 6.45) is 2.06. The summed E-state index contributed by atoms with van der Waals surface area (Å²) in [5.41, 5.74) is 0. The molecule has 5 nitrogen and oxygen atoms in total. The molecule has 1 atom stereocenters. The van der Waals surface area contributed by atoms with Crippen molar-refractivity contribution in [2.24, 2.45) is 0 Å². The third-order valence-corrected chi connectivity index (χ3v) is 4.91. The van der Waals surface area contributed by atoms with E-state index in [-0.39, 0.29) is 11.8 Å². The average molecular weight is 234 g/mol. The van der Waals surface area contributed by atoms with E-state index in [1.807, 2.05) is 0 Å². The van der Waals surface area contributed by atoms with Crippen LogP contribution in [-0.2, 0) is 14.8 Å². The molecule has 15 heavy (non-hydrogen) atoms. The van der Waals surface area contributed by atoms with Gasteiger partial charge in [0, 0.05) is 19.1 Å². The van der Waals surface area contributed by atoms with Gasteiger partial charge in [-0.15, -0.1) is 0 Å². The number of ether oxygens (including phenoxy) is 1. The van der Waals surface area contributed by atoms with Gasteiger partial charge < -0.3 is 10.1 Å². The predicted octanol–water partition coefficient (Wildman–Crippen LogP) is -0.600. The van der Waals surface area contributed by atoms with Crippen LogP contribution in [0.2, 0.25) is 0 Å². The van der Waals surface area contributed by atoms with E-state index in [9.17, 15) is 8.42 Å². The Hall–Kier alpha value is -0.170. The van der Waals surface area contributed by atoms with Crippen LogP contribution in [-0.4, -0.2) is 57.4 Å². The monoisotopic (exact) mass is 234 g/mol. The molecule has 2 aliphatic heterocycles. The largest absolute Gasteiger partial charge is 0.379 e. The number of sulfonamides is 1. The fraction of sp³-hybridized carbons (Fsp3) is 1.00. The van der Waals surface area contributed by atoms with E-state index >= 15 is 0 Å². The molecule has 2 saturated heterocycles. The lowest BCUT2D eigenvalue weighted by molar-refractivity contribution is 0.0729. The van der Waals surface area contributed by atoms with Crippen LogP contribution in [0.15, 0.2) is 0 Å². The number of nitrogens with zero attached hydrogens (tertiary/aromatic N) is 1. The van der Waals surface area contributed by atoms with Gasteiger partial charge in [-0.1, -0.05) is 0 Å². The quantitative estimate of drug-likeness (QED) is 0.708. The zero-order chi connectivity index (χ0) is 10.7. The van der Waals surface area contributed by atoms with Gasteiger partial charge in [0.1, 0.15) is 0 Å². The molecule has 0 amide bonds. The fourth-order valence-corrected chi connectivity index (χ4v) is 3.79. The average Bonchev–Trinajstić information content (AvgIpc) is 2.71. The second-order valence-electron chi connectivity index (χ2n) is 4.08. The molecule has 1 unspecified atom stereocenters. The van der Waals surface area contributed by atoms with Gasteiger partial charge >= 0.3 is 0 Å². The van der Waals surface area contributed by atoms with Crippen molar-refractivity contribution < 1.29 is 13.2 Å². The van der Waals surface area contributed by atoms with Crippen molar-refractivity contribution in [3.8, 4) is 0 Å². The maximum absolute atomic E-state index is 12.0. The molecule has 0 aliphatic carbocycles. The molecule has 88 valence electrons. The van der Waals surface area contributed by atoms with E-state index in [1.165, 1.54) is 0 Å². The van der Waals surface area contributed by atoms with Crippen molar-refractivity contribution in [3.63, 3.8) is 0 Å². The highest BCUT2D eigenvalue weighted by Gasteiger charge is 2.28. The highest BCUT2D eigenvalue weighted by Crippen LogP contribution is 2.12. The summed E-state index contributed by atoms with van der Waals surface area (Å²) in [7, 11) is -3.08. The van der Waals surface area contributed by atoms with Crippen LogP contribution in [0, 0.1) is 0 Å². The number of rotatable bonds is 3. The lowest BCUT2D eigenvalue weighted by atomic mass is 10.3. The van der Waals surface area contributed by atoms with Crippen LogP contribution in [0.3, 0.4) is 0 Å². The molecule has 1 N–H and O–H groups in total. The summed E-state index contributed by atoms with van der Waals surface area (Å²) < 4.78 is 30.6. The molecule has 2 heterocycles. The zero-order valence-electron chi connectivity index (χ0n) is 8.81. The maximum Gasteiger partial charge on any atom is 0.215 e. The Balaban J connectivity index is 1.92. The Morgan fingerprint density at radius 1 is 1.33 bits per heavy atom. The number of morpholine rings is 1. The first-order valence-electron chi connectivity index (χ1n) is 5.47. The third-order valence-electron chi connectivity index (χ3n) is 2.94. The molecule has 0 aromatic heterocycles. The SMILES string of the molecule is O=S(=O)(CC1CCCN1)N1CCOCC1. The van der Waals surface area contributed by atoms with Gasteiger partial charge in [0.05, 0.1) is 19.0 Å². The van der Waals surface area contributed by atoms with Crippen molar-refractivity contribution in [1.29, 1.82) is 0 Å². The van der Waals surface area contributed by atoms with Gasteiger partial charge in [-0.05, 0) is 19.4 Å². The first kappa shape index (κ1) is 11.3. The zero-order valence-corrected chi connectivity index (χ0v) is 9.63. The van der Waals surface area contributed by atoms with E-state index < -0.39 is 10.0 Å². The molecule has 2 fully saturated rings. The van der Waals surface area contributed by atoms with Gasteiger partial charge in [-0.25, -0.2) is 8.42 Å². The topological polar surface area (TPSA) is 58.6 Å². The maximum atomic E-state index is 12.0. The van der Waals surface area contributed by atoms with Crippen molar-refractivity contribution in [2.45, 2.75) is 18.9 Å². The molecule has 6 heteroatoms. The van der Waals surface area contributed by atoms with Crippen LogP contribution in [0.25, 0.3) is 0 Å². The van der Waals surface area contributed by atoms with E-state index in [4.69, 9.17) is 4.74 Å². The minimum atomic E-state index is -3.08. The Morgan fingerprint density at radius 2 is 2.07 bits per heavy atom. The van der Waals surface area contributed by atoms with E-state index in [2.05, 4.69) is 5.32 Å².